The Kier molecular flexibility index (Phi) is 7.23. The zero-order chi connectivity index (χ0) is 20.6. The summed E-state index contributed by atoms with van der Waals surface area (Å²) in [5.74, 6) is 1.08. The van der Waals surface area contributed by atoms with E-state index >= 15 is 0 Å². The number of hydrogen-bond acceptors (Lipinski definition) is 2. The first-order chi connectivity index (χ1) is 14.1. The number of rotatable bonds is 10. The molecule has 0 radical (unpaired) electrons. The summed E-state index contributed by atoms with van der Waals surface area (Å²) >= 11 is 0. The largest absolute Gasteiger partial charge is 0.490 e. The van der Waals surface area contributed by atoms with Crippen molar-refractivity contribution in [2.24, 2.45) is 0 Å². The van der Waals surface area contributed by atoms with Gasteiger partial charge in [-0.1, -0.05) is 68.8 Å². The van der Waals surface area contributed by atoms with Crippen molar-refractivity contribution in [3.8, 4) is 22.6 Å². The maximum absolute atomic E-state index is 13.0. The Labute approximate surface area is 170 Å². The summed E-state index contributed by atoms with van der Waals surface area (Å²) in [5, 5.41) is 1.60. The van der Waals surface area contributed by atoms with Crippen LogP contribution in [-0.4, -0.2) is 13.2 Å². The Morgan fingerprint density at radius 2 is 1.72 bits per heavy atom. The number of halogens is 2. The van der Waals surface area contributed by atoms with Crippen LogP contribution >= 0.6 is 0 Å². The minimum absolute atomic E-state index is 0.299. The van der Waals surface area contributed by atoms with Crippen molar-refractivity contribution in [1.29, 1.82) is 0 Å². The number of benzene rings is 3. The van der Waals surface area contributed by atoms with E-state index < -0.39 is 6.61 Å². The zero-order valence-electron chi connectivity index (χ0n) is 16.7. The van der Waals surface area contributed by atoms with Gasteiger partial charge in [-0.2, -0.15) is 8.78 Å². The average molecular weight is 396 g/mol. The van der Waals surface area contributed by atoms with Crippen LogP contribution < -0.4 is 9.47 Å². The lowest BCUT2D eigenvalue weighted by atomic mass is 9.97. The van der Waals surface area contributed by atoms with Gasteiger partial charge in [0.1, 0.15) is 18.1 Å². The molecule has 2 nitrogen and oxygen atoms in total. The van der Waals surface area contributed by atoms with Crippen molar-refractivity contribution in [3.63, 3.8) is 0 Å². The highest BCUT2D eigenvalue weighted by Crippen LogP contribution is 2.35. The van der Waals surface area contributed by atoms with E-state index in [0.717, 1.165) is 53.5 Å². The highest BCUT2D eigenvalue weighted by Gasteiger charge is 2.14. The van der Waals surface area contributed by atoms with E-state index in [-0.39, 0.29) is 0 Å². The lowest BCUT2D eigenvalue weighted by Crippen LogP contribution is -2.05. The normalized spacial score (nSPS) is 11.0. The molecule has 0 bridgehead atoms. The minimum Gasteiger partial charge on any atom is -0.490 e. The third kappa shape index (κ3) is 5.35. The number of ether oxygens (including phenoxy) is 2. The molecule has 0 aliphatic rings. The van der Waals surface area contributed by atoms with Crippen molar-refractivity contribution in [3.05, 3.63) is 72.8 Å². The van der Waals surface area contributed by atoms with Gasteiger partial charge in [0.15, 0.2) is 0 Å². The molecule has 0 heterocycles. The fourth-order valence-electron chi connectivity index (χ4n) is 3.42. The van der Waals surface area contributed by atoms with E-state index in [1.165, 1.54) is 0 Å². The molecule has 4 heteroatoms. The minimum atomic E-state index is -2.84. The number of hydrogen-bond donors (Lipinski definition) is 0. The smallest absolute Gasteiger partial charge is 0.387 e. The van der Waals surface area contributed by atoms with Crippen LogP contribution in [0.15, 0.2) is 67.3 Å². The zero-order valence-corrected chi connectivity index (χ0v) is 16.7. The van der Waals surface area contributed by atoms with Crippen LogP contribution in [0.25, 0.3) is 21.9 Å². The summed E-state index contributed by atoms with van der Waals surface area (Å²) in [6.07, 6.45) is 5.55. The van der Waals surface area contributed by atoms with E-state index in [4.69, 9.17) is 9.47 Å². The summed E-state index contributed by atoms with van der Waals surface area (Å²) < 4.78 is 36.5. The SMILES string of the molecule is C=CCOc1ccc(-c2ccc3c(OC(F)F)c(CCCCC)ccc3c2)cc1. The molecule has 0 N–H and O–H groups in total. The quantitative estimate of drug-likeness (QED) is 0.262. The van der Waals surface area contributed by atoms with Crippen molar-refractivity contribution in [2.45, 2.75) is 39.2 Å². The van der Waals surface area contributed by atoms with E-state index in [1.807, 2.05) is 54.6 Å². The summed E-state index contributed by atoms with van der Waals surface area (Å²) in [5.41, 5.74) is 2.87. The molecule has 3 aromatic carbocycles. The van der Waals surface area contributed by atoms with Crippen molar-refractivity contribution >= 4 is 10.8 Å². The molecule has 0 amide bonds. The van der Waals surface area contributed by atoms with Crippen LogP contribution in [0, 0.1) is 0 Å². The summed E-state index contributed by atoms with van der Waals surface area (Å²) in [7, 11) is 0. The van der Waals surface area contributed by atoms with Crippen LogP contribution in [-0.2, 0) is 6.42 Å². The Balaban J connectivity index is 1.93. The summed E-state index contributed by atoms with van der Waals surface area (Å²) in [6.45, 7) is 3.38. The van der Waals surface area contributed by atoms with E-state index in [2.05, 4.69) is 13.5 Å². The molecular weight excluding hydrogens is 370 g/mol. The standard InChI is InChI=1S/C25H26F2O2/c1-3-5-6-7-19-8-9-21-17-20(12-15-23(21)24(19)29-25(26)27)18-10-13-22(14-11-18)28-16-4-2/h4,8-15,17,25H,2-3,5-7,16H2,1H3. The molecule has 3 rings (SSSR count). The highest BCUT2D eigenvalue weighted by atomic mass is 19.3. The molecule has 0 unspecified atom stereocenters. The lowest BCUT2D eigenvalue weighted by molar-refractivity contribution is -0.0493. The maximum atomic E-state index is 13.0. The number of unbranched alkanes of at least 4 members (excludes halogenated alkanes) is 2. The fourth-order valence-corrected chi connectivity index (χ4v) is 3.42. The Hall–Kier alpha value is -2.88. The average Bonchev–Trinajstić information content (AvgIpc) is 2.73. The molecule has 152 valence electrons. The maximum Gasteiger partial charge on any atom is 0.387 e. The van der Waals surface area contributed by atoms with Crippen LogP contribution in [0.2, 0.25) is 0 Å². The van der Waals surface area contributed by atoms with Gasteiger partial charge in [-0.15, -0.1) is 0 Å². The second-order valence-corrected chi connectivity index (χ2v) is 6.95. The molecule has 0 fully saturated rings. The van der Waals surface area contributed by atoms with Gasteiger partial charge in [0, 0.05) is 5.39 Å². The van der Waals surface area contributed by atoms with E-state index in [9.17, 15) is 8.78 Å². The van der Waals surface area contributed by atoms with Gasteiger partial charge in [-0.3, -0.25) is 0 Å². The van der Waals surface area contributed by atoms with Crippen LogP contribution in [0.5, 0.6) is 11.5 Å². The number of aryl methyl sites for hydroxylation is 1. The summed E-state index contributed by atoms with van der Waals surface area (Å²) in [4.78, 5) is 0. The molecule has 0 saturated carbocycles. The molecule has 0 atom stereocenters. The van der Waals surface area contributed by atoms with Gasteiger partial charge >= 0.3 is 6.61 Å². The molecule has 0 aliphatic carbocycles. The van der Waals surface area contributed by atoms with Gasteiger partial charge in [0.2, 0.25) is 0 Å². The fraction of sp³-hybridized carbons (Fsp3) is 0.280. The van der Waals surface area contributed by atoms with Crippen molar-refractivity contribution in [1.82, 2.24) is 0 Å². The molecule has 0 spiro atoms. The van der Waals surface area contributed by atoms with Gasteiger partial charge in [-0.25, -0.2) is 0 Å². The van der Waals surface area contributed by atoms with Crippen LogP contribution in [0.1, 0.15) is 31.7 Å². The van der Waals surface area contributed by atoms with Crippen molar-refractivity contribution in [2.75, 3.05) is 6.61 Å². The molecule has 29 heavy (non-hydrogen) atoms. The Morgan fingerprint density at radius 3 is 2.41 bits per heavy atom. The predicted octanol–water partition coefficient (Wildman–Crippen LogP) is 7.41. The Bertz CT molecular complexity index is 949. The van der Waals surface area contributed by atoms with Crippen LogP contribution in [0.3, 0.4) is 0 Å². The lowest BCUT2D eigenvalue weighted by Gasteiger charge is -2.15. The third-order valence-electron chi connectivity index (χ3n) is 4.86. The second kappa shape index (κ2) is 10.1. The van der Waals surface area contributed by atoms with E-state index in [1.54, 1.807) is 6.08 Å². The first-order valence-electron chi connectivity index (χ1n) is 9.97. The molecule has 0 aromatic heterocycles. The van der Waals surface area contributed by atoms with Crippen molar-refractivity contribution < 1.29 is 18.3 Å². The monoisotopic (exact) mass is 396 g/mol. The molecular formula is C25H26F2O2. The Morgan fingerprint density at radius 1 is 0.966 bits per heavy atom. The van der Waals surface area contributed by atoms with Gasteiger partial charge in [-0.05, 0) is 53.1 Å². The molecule has 0 aliphatic heterocycles. The molecule has 3 aromatic rings. The van der Waals surface area contributed by atoms with Gasteiger partial charge in [0.25, 0.3) is 0 Å². The predicted molar refractivity (Wildman–Crippen MR) is 115 cm³/mol. The first kappa shape index (κ1) is 20.8. The number of alkyl halides is 2. The first-order valence-corrected chi connectivity index (χ1v) is 9.97. The highest BCUT2D eigenvalue weighted by molar-refractivity contribution is 5.93. The van der Waals surface area contributed by atoms with Gasteiger partial charge < -0.3 is 9.47 Å². The van der Waals surface area contributed by atoms with Crippen LogP contribution in [0.4, 0.5) is 8.78 Å². The van der Waals surface area contributed by atoms with E-state index in [0.29, 0.717) is 17.7 Å². The second-order valence-electron chi connectivity index (χ2n) is 6.95. The number of fused-ring (bicyclic) bond motifs is 1. The third-order valence-corrected chi connectivity index (χ3v) is 4.86. The summed E-state index contributed by atoms with van der Waals surface area (Å²) in [6, 6.07) is 17.5. The molecule has 0 saturated heterocycles. The topological polar surface area (TPSA) is 18.5 Å². The van der Waals surface area contributed by atoms with Gasteiger partial charge in [0.05, 0.1) is 0 Å².